The van der Waals surface area contributed by atoms with E-state index >= 15 is 0 Å². The van der Waals surface area contributed by atoms with Crippen molar-refractivity contribution in [2.45, 2.75) is 12.8 Å². The molecule has 1 aliphatic heterocycles. The molecule has 1 N–H and O–H groups in total. The van der Waals surface area contributed by atoms with Gasteiger partial charge >= 0.3 is 0 Å². The van der Waals surface area contributed by atoms with Gasteiger partial charge in [0.1, 0.15) is 0 Å². The highest BCUT2D eigenvalue weighted by Gasteiger charge is 2.14. The number of halogens is 1. The van der Waals surface area contributed by atoms with Crippen molar-refractivity contribution in [3.05, 3.63) is 71.7 Å². The van der Waals surface area contributed by atoms with Crippen LogP contribution in [0.2, 0.25) is 5.15 Å². The normalized spacial score (nSPS) is 14.9. The molecule has 27 heavy (non-hydrogen) atoms. The number of hydrogen-bond donors (Lipinski definition) is 1. The summed E-state index contributed by atoms with van der Waals surface area (Å²) in [6.07, 6.45) is 7.78. The van der Waals surface area contributed by atoms with Gasteiger partial charge in [0.2, 0.25) is 0 Å². The highest BCUT2D eigenvalue weighted by Crippen LogP contribution is 2.29. The molecule has 0 saturated heterocycles. The van der Waals surface area contributed by atoms with Gasteiger partial charge in [0.25, 0.3) is 0 Å². The van der Waals surface area contributed by atoms with E-state index in [1.807, 2.05) is 0 Å². The molecule has 0 aliphatic carbocycles. The first-order valence-electron chi connectivity index (χ1n) is 9.41. The van der Waals surface area contributed by atoms with E-state index in [4.69, 9.17) is 11.6 Å². The molecule has 3 aromatic rings. The van der Waals surface area contributed by atoms with Crippen LogP contribution in [0.4, 0.5) is 5.82 Å². The lowest BCUT2D eigenvalue weighted by atomic mass is 9.94. The minimum Gasteiger partial charge on any atom is -0.367 e. The highest BCUT2D eigenvalue weighted by molar-refractivity contribution is 6.31. The fourth-order valence-electron chi connectivity index (χ4n) is 3.61. The van der Waals surface area contributed by atoms with Gasteiger partial charge in [-0.15, -0.1) is 0 Å². The van der Waals surface area contributed by atoms with Gasteiger partial charge in [-0.1, -0.05) is 60.1 Å². The number of fused-ring (bicyclic) bond motifs is 1. The molecule has 0 spiro atoms. The lowest BCUT2D eigenvalue weighted by molar-refractivity contribution is 0.301. The topological polar surface area (TPSA) is 41.1 Å². The van der Waals surface area contributed by atoms with Gasteiger partial charge < -0.3 is 5.32 Å². The zero-order chi connectivity index (χ0) is 18.5. The minimum absolute atomic E-state index is 0.429. The lowest BCUT2D eigenvalue weighted by Gasteiger charge is -2.27. The Balaban J connectivity index is 1.31. The molecule has 2 heterocycles. The Bertz CT molecular complexity index is 948. The molecule has 4 rings (SSSR count). The van der Waals surface area contributed by atoms with Crippen LogP contribution in [0, 0.1) is 0 Å². The molecule has 138 valence electrons. The van der Waals surface area contributed by atoms with Crippen LogP contribution in [-0.2, 0) is 0 Å². The van der Waals surface area contributed by atoms with Crippen LogP contribution in [0.15, 0.2) is 60.9 Å². The first kappa shape index (κ1) is 18.0. The molecule has 2 aromatic carbocycles. The molecular weight excluding hydrogens is 356 g/mol. The second kappa shape index (κ2) is 8.51. The first-order valence-corrected chi connectivity index (χ1v) is 9.79. The predicted octanol–water partition coefficient (Wildman–Crippen LogP) is 4.87. The van der Waals surface area contributed by atoms with Gasteiger partial charge in [-0.3, -0.25) is 4.90 Å². The van der Waals surface area contributed by atoms with E-state index in [9.17, 15) is 0 Å². The van der Waals surface area contributed by atoms with Crippen molar-refractivity contribution >= 4 is 33.8 Å². The van der Waals surface area contributed by atoms with Gasteiger partial charge in [-0.2, -0.15) is 0 Å². The minimum atomic E-state index is 0.429. The Kier molecular flexibility index (Phi) is 5.66. The Hall–Kier alpha value is -2.43. The van der Waals surface area contributed by atoms with Gasteiger partial charge in [0, 0.05) is 38.6 Å². The standard InChI is InChI=1S/C22H23ClN4/c23-21-22(26-13-12-24-21)25-11-4-14-27-15-9-18(10-16-27)20-8-3-6-17-5-1-2-7-19(17)20/h1-3,5-9,12-13H,4,10-11,14-16H2,(H,25,26). The fourth-order valence-corrected chi connectivity index (χ4v) is 3.79. The molecule has 0 unspecified atom stereocenters. The molecule has 0 radical (unpaired) electrons. The molecule has 0 saturated carbocycles. The van der Waals surface area contributed by atoms with Crippen LogP contribution < -0.4 is 5.32 Å². The largest absolute Gasteiger partial charge is 0.367 e. The number of benzene rings is 2. The summed E-state index contributed by atoms with van der Waals surface area (Å²) in [4.78, 5) is 10.7. The quantitative estimate of drug-likeness (QED) is 0.621. The van der Waals surface area contributed by atoms with Gasteiger partial charge in [-0.05, 0) is 34.8 Å². The maximum Gasteiger partial charge on any atom is 0.171 e. The van der Waals surface area contributed by atoms with Gasteiger partial charge in [-0.25, -0.2) is 9.97 Å². The average Bonchev–Trinajstić information content (AvgIpc) is 2.72. The molecule has 1 aliphatic rings. The van der Waals surface area contributed by atoms with Crippen molar-refractivity contribution < 1.29 is 0 Å². The van der Waals surface area contributed by atoms with E-state index in [0.717, 1.165) is 39.0 Å². The zero-order valence-electron chi connectivity index (χ0n) is 15.2. The third-order valence-corrected chi connectivity index (χ3v) is 5.30. The smallest absolute Gasteiger partial charge is 0.171 e. The summed E-state index contributed by atoms with van der Waals surface area (Å²) < 4.78 is 0. The van der Waals surface area contributed by atoms with Crippen LogP contribution in [0.5, 0.6) is 0 Å². The molecular formula is C22H23ClN4. The van der Waals surface area contributed by atoms with E-state index in [0.29, 0.717) is 11.0 Å². The predicted molar refractivity (Wildman–Crippen MR) is 113 cm³/mol. The average molecular weight is 379 g/mol. The molecule has 0 atom stereocenters. The van der Waals surface area contributed by atoms with Crippen molar-refractivity contribution in [3.8, 4) is 0 Å². The molecule has 0 bridgehead atoms. The fraction of sp³-hybridized carbons (Fsp3) is 0.273. The van der Waals surface area contributed by atoms with Crippen molar-refractivity contribution in [1.82, 2.24) is 14.9 Å². The van der Waals surface area contributed by atoms with Crippen LogP contribution >= 0.6 is 11.6 Å². The zero-order valence-corrected chi connectivity index (χ0v) is 16.0. The summed E-state index contributed by atoms with van der Waals surface area (Å²) in [6.45, 7) is 4.00. The molecule has 1 aromatic heterocycles. The molecule has 0 amide bonds. The third-order valence-electron chi connectivity index (χ3n) is 5.03. The van der Waals surface area contributed by atoms with Gasteiger partial charge in [0.15, 0.2) is 11.0 Å². The van der Waals surface area contributed by atoms with E-state index < -0.39 is 0 Å². The third kappa shape index (κ3) is 4.29. The number of hydrogen-bond acceptors (Lipinski definition) is 4. The monoisotopic (exact) mass is 378 g/mol. The second-order valence-corrected chi connectivity index (χ2v) is 7.14. The summed E-state index contributed by atoms with van der Waals surface area (Å²) in [5, 5.41) is 6.35. The van der Waals surface area contributed by atoms with Crippen molar-refractivity contribution in [3.63, 3.8) is 0 Å². The SMILES string of the molecule is Clc1nccnc1NCCCN1CC=C(c2cccc3ccccc23)CC1. The van der Waals surface area contributed by atoms with E-state index in [1.165, 1.54) is 21.9 Å². The Morgan fingerprint density at radius 1 is 1.04 bits per heavy atom. The number of nitrogens with one attached hydrogen (secondary N) is 1. The first-order chi connectivity index (χ1) is 13.3. The number of aromatic nitrogens is 2. The van der Waals surface area contributed by atoms with Crippen molar-refractivity contribution in [2.24, 2.45) is 0 Å². The van der Waals surface area contributed by atoms with E-state index in [1.54, 1.807) is 12.4 Å². The maximum absolute atomic E-state index is 6.01. The number of rotatable bonds is 6. The van der Waals surface area contributed by atoms with Crippen molar-refractivity contribution in [1.29, 1.82) is 0 Å². The summed E-state index contributed by atoms with van der Waals surface area (Å²) in [5.74, 6) is 0.663. The van der Waals surface area contributed by atoms with Crippen LogP contribution in [0.25, 0.3) is 16.3 Å². The van der Waals surface area contributed by atoms with Crippen LogP contribution in [-0.4, -0.2) is 41.0 Å². The summed E-state index contributed by atoms with van der Waals surface area (Å²) in [7, 11) is 0. The highest BCUT2D eigenvalue weighted by atomic mass is 35.5. The maximum atomic E-state index is 6.01. The Morgan fingerprint density at radius 2 is 1.89 bits per heavy atom. The van der Waals surface area contributed by atoms with E-state index in [-0.39, 0.29) is 0 Å². The molecule has 4 nitrogen and oxygen atoms in total. The van der Waals surface area contributed by atoms with Crippen LogP contribution in [0.1, 0.15) is 18.4 Å². The van der Waals surface area contributed by atoms with Gasteiger partial charge in [0.05, 0.1) is 0 Å². The second-order valence-electron chi connectivity index (χ2n) is 6.78. The van der Waals surface area contributed by atoms with Crippen LogP contribution in [0.3, 0.4) is 0 Å². The lowest BCUT2D eigenvalue weighted by Crippen LogP contribution is -2.30. The number of nitrogens with zero attached hydrogens (tertiary/aromatic N) is 3. The van der Waals surface area contributed by atoms with Crippen molar-refractivity contribution in [2.75, 3.05) is 31.5 Å². The Labute approximate surface area is 164 Å². The Morgan fingerprint density at radius 3 is 2.74 bits per heavy atom. The number of anilines is 1. The summed E-state index contributed by atoms with van der Waals surface area (Å²) in [6, 6.07) is 15.2. The summed E-state index contributed by atoms with van der Waals surface area (Å²) >= 11 is 6.01. The molecule has 0 fully saturated rings. The van der Waals surface area contributed by atoms with E-state index in [2.05, 4.69) is 68.7 Å². The summed E-state index contributed by atoms with van der Waals surface area (Å²) in [5.41, 5.74) is 2.85. The molecule has 5 heteroatoms.